The summed E-state index contributed by atoms with van der Waals surface area (Å²) < 4.78 is 5.10. The third kappa shape index (κ3) is 4.93. The number of benzene rings is 1. The van der Waals surface area contributed by atoms with Gasteiger partial charge < -0.3 is 15.8 Å². The smallest absolute Gasteiger partial charge is 0.226 e. The number of carbonyl (C=O) groups is 1. The molecule has 1 aromatic rings. The maximum atomic E-state index is 11.5. The van der Waals surface area contributed by atoms with Gasteiger partial charge in [-0.2, -0.15) is 0 Å². The summed E-state index contributed by atoms with van der Waals surface area (Å²) >= 11 is 4.84. The molecule has 0 saturated heterocycles. The third-order valence-electron chi connectivity index (χ3n) is 2.13. The lowest BCUT2D eigenvalue weighted by Gasteiger charge is -2.06. The summed E-state index contributed by atoms with van der Waals surface area (Å²) in [7, 11) is 0. The number of nitrogens with two attached hydrogens (primary N) is 1. The maximum Gasteiger partial charge on any atom is 0.226 e. The number of nitrogens with one attached hydrogen (secondary N) is 1. The van der Waals surface area contributed by atoms with Gasteiger partial charge in [0.2, 0.25) is 5.91 Å². The van der Waals surface area contributed by atoms with Gasteiger partial charge in [0.15, 0.2) is 0 Å². The Hall–Kier alpha value is -1.46. The molecule has 4 nitrogen and oxygen atoms in total. The maximum absolute atomic E-state index is 11.5. The van der Waals surface area contributed by atoms with Crippen LogP contribution in [0.4, 0.5) is 5.69 Å². The number of rotatable bonds is 6. The molecular formula is C12H16N2O2S. The number of ether oxygens (including phenoxy) is 1. The first kappa shape index (κ1) is 13.6. The Morgan fingerprint density at radius 2 is 2.06 bits per heavy atom. The molecule has 1 amide bonds. The molecule has 5 heteroatoms. The first-order valence-electron chi connectivity index (χ1n) is 5.41. The highest BCUT2D eigenvalue weighted by molar-refractivity contribution is 7.80. The van der Waals surface area contributed by atoms with E-state index in [1.165, 1.54) is 0 Å². The van der Waals surface area contributed by atoms with Gasteiger partial charge in [-0.05, 0) is 31.2 Å². The largest absolute Gasteiger partial charge is 0.389 e. The van der Waals surface area contributed by atoms with E-state index < -0.39 is 0 Å². The molecule has 17 heavy (non-hydrogen) atoms. The van der Waals surface area contributed by atoms with Crippen LogP contribution in [0.1, 0.15) is 18.9 Å². The monoisotopic (exact) mass is 252 g/mol. The lowest BCUT2D eigenvalue weighted by atomic mass is 10.2. The van der Waals surface area contributed by atoms with Gasteiger partial charge in [0, 0.05) is 17.9 Å². The Bertz CT molecular complexity index is 390. The van der Waals surface area contributed by atoms with E-state index in [9.17, 15) is 4.79 Å². The second kappa shape index (κ2) is 6.98. The Morgan fingerprint density at radius 1 is 1.41 bits per heavy atom. The van der Waals surface area contributed by atoms with Crippen molar-refractivity contribution in [3.63, 3.8) is 0 Å². The van der Waals surface area contributed by atoms with Crippen LogP contribution in [-0.2, 0) is 9.53 Å². The van der Waals surface area contributed by atoms with Crippen molar-refractivity contribution in [1.29, 1.82) is 0 Å². The number of amides is 1. The van der Waals surface area contributed by atoms with Crippen LogP contribution in [0.5, 0.6) is 0 Å². The fourth-order valence-electron chi connectivity index (χ4n) is 1.25. The van der Waals surface area contributed by atoms with E-state index >= 15 is 0 Å². The molecular weight excluding hydrogens is 236 g/mol. The zero-order chi connectivity index (χ0) is 12.7. The fourth-order valence-corrected chi connectivity index (χ4v) is 1.39. The lowest BCUT2D eigenvalue weighted by Crippen LogP contribution is -2.14. The van der Waals surface area contributed by atoms with Crippen LogP contribution in [0.3, 0.4) is 0 Å². The Kier molecular flexibility index (Phi) is 5.59. The van der Waals surface area contributed by atoms with Gasteiger partial charge in [0.1, 0.15) is 4.99 Å². The zero-order valence-electron chi connectivity index (χ0n) is 9.73. The quantitative estimate of drug-likeness (QED) is 0.597. The molecule has 0 saturated carbocycles. The van der Waals surface area contributed by atoms with E-state index in [0.717, 1.165) is 11.3 Å². The van der Waals surface area contributed by atoms with E-state index in [1.54, 1.807) is 24.3 Å². The minimum Gasteiger partial charge on any atom is -0.389 e. The van der Waals surface area contributed by atoms with Gasteiger partial charge in [-0.15, -0.1) is 0 Å². The highest BCUT2D eigenvalue weighted by Gasteiger charge is 2.02. The van der Waals surface area contributed by atoms with Crippen LogP contribution < -0.4 is 11.1 Å². The molecule has 0 bridgehead atoms. The Labute approximate surface area is 106 Å². The summed E-state index contributed by atoms with van der Waals surface area (Å²) in [5.41, 5.74) is 6.99. The van der Waals surface area contributed by atoms with Crippen LogP contribution in [0.2, 0.25) is 0 Å². The minimum atomic E-state index is -0.0680. The molecule has 0 aromatic heterocycles. The fraction of sp³-hybridized carbons (Fsp3) is 0.333. The molecule has 3 N–H and O–H groups in total. The first-order valence-corrected chi connectivity index (χ1v) is 5.81. The van der Waals surface area contributed by atoms with Crippen molar-refractivity contribution in [2.45, 2.75) is 13.3 Å². The Balaban J connectivity index is 2.46. The van der Waals surface area contributed by atoms with Crippen LogP contribution in [0, 0.1) is 0 Å². The molecule has 0 aliphatic rings. The van der Waals surface area contributed by atoms with Crippen LogP contribution in [0.25, 0.3) is 0 Å². The Morgan fingerprint density at radius 3 is 2.59 bits per heavy atom. The van der Waals surface area contributed by atoms with Crippen molar-refractivity contribution in [3.8, 4) is 0 Å². The molecule has 0 fully saturated rings. The number of hydrogen-bond acceptors (Lipinski definition) is 3. The summed E-state index contributed by atoms with van der Waals surface area (Å²) in [5.74, 6) is -0.0680. The highest BCUT2D eigenvalue weighted by Crippen LogP contribution is 2.09. The molecule has 0 heterocycles. The van der Waals surface area contributed by atoms with Crippen LogP contribution in [-0.4, -0.2) is 24.1 Å². The van der Waals surface area contributed by atoms with E-state index in [0.29, 0.717) is 24.6 Å². The van der Waals surface area contributed by atoms with Crippen LogP contribution in [0.15, 0.2) is 24.3 Å². The SMILES string of the molecule is CCOCCC(=O)Nc1ccc(C(N)=S)cc1. The summed E-state index contributed by atoms with van der Waals surface area (Å²) in [6, 6.07) is 7.10. The van der Waals surface area contributed by atoms with E-state index in [1.807, 2.05) is 6.92 Å². The summed E-state index contributed by atoms with van der Waals surface area (Å²) in [5, 5.41) is 2.76. The molecule has 0 atom stereocenters. The predicted molar refractivity (Wildman–Crippen MR) is 72.1 cm³/mol. The van der Waals surface area contributed by atoms with Gasteiger partial charge in [-0.3, -0.25) is 4.79 Å². The third-order valence-corrected chi connectivity index (χ3v) is 2.37. The van der Waals surface area contributed by atoms with Gasteiger partial charge in [0.05, 0.1) is 13.0 Å². The second-order valence-electron chi connectivity index (χ2n) is 3.44. The van der Waals surface area contributed by atoms with Gasteiger partial charge in [0.25, 0.3) is 0 Å². The topological polar surface area (TPSA) is 64.3 Å². The average Bonchev–Trinajstić information content (AvgIpc) is 2.30. The van der Waals surface area contributed by atoms with Crippen molar-refractivity contribution in [2.75, 3.05) is 18.5 Å². The van der Waals surface area contributed by atoms with E-state index in [2.05, 4.69) is 5.32 Å². The standard InChI is InChI=1S/C12H16N2O2S/c1-2-16-8-7-11(15)14-10-5-3-9(4-6-10)12(13)17/h3-6H,2,7-8H2,1H3,(H2,13,17)(H,14,15). The minimum absolute atomic E-state index is 0.0680. The van der Waals surface area contributed by atoms with Gasteiger partial charge in [-0.1, -0.05) is 12.2 Å². The van der Waals surface area contributed by atoms with Crippen molar-refractivity contribution >= 4 is 28.8 Å². The lowest BCUT2D eigenvalue weighted by molar-refractivity contribution is -0.117. The van der Waals surface area contributed by atoms with Crippen molar-refractivity contribution in [1.82, 2.24) is 0 Å². The summed E-state index contributed by atoms with van der Waals surface area (Å²) in [6.45, 7) is 2.95. The highest BCUT2D eigenvalue weighted by atomic mass is 32.1. The zero-order valence-corrected chi connectivity index (χ0v) is 10.5. The first-order chi connectivity index (χ1) is 8.13. The predicted octanol–water partition coefficient (Wildman–Crippen LogP) is 1.69. The second-order valence-corrected chi connectivity index (χ2v) is 3.88. The van der Waals surface area contributed by atoms with Crippen molar-refractivity contribution in [3.05, 3.63) is 29.8 Å². The number of thiocarbonyl (C=S) groups is 1. The average molecular weight is 252 g/mol. The molecule has 0 aliphatic heterocycles. The number of hydrogen-bond donors (Lipinski definition) is 2. The molecule has 0 aliphatic carbocycles. The number of anilines is 1. The van der Waals surface area contributed by atoms with Gasteiger partial charge >= 0.3 is 0 Å². The number of carbonyl (C=O) groups excluding carboxylic acids is 1. The van der Waals surface area contributed by atoms with Crippen LogP contribution >= 0.6 is 12.2 Å². The molecule has 1 rings (SSSR count). The summed E-state index contributed by atoms with van der Waals surface area (Å²) in [4.78, 5) is 11.8. The molecule has 92 valence electrons. The van der Waals surface area contributed by atoms with E-state index in [-0.39, 0.29) is 5.91 Å². The van der Waals surface area contributed by atoms with Gasteiger partial charge in [-0.25, -0.2) is 0 Å². The van der Waals surface area contributed by atoms with Crippen molar-refractivity contribution < 1.29 is 9.53 Å². The normalized spacial score (nSPS) is 9.94. The molecule has 1 aromatic carbocycles. The summed E-state index contributed by atoms with van der Waals surface area (Å²) in [6.07, 6.45) is 0.352. The molecule has 0 unspecified atom stereocenters. The molecule has 0 spiro atoms. The van der Waals surface area contributed by atoms with E-state index in [4.69, 9.17) is 22.7 Å². The molecule has 0 radical (unpaired) electrons. The van der Waals surface area contributed by atoms with Crippen molar-refractivity contribution in [2.24, 2.45) is 5.73 Å².